The van der Waals surface area contributed by atoms with Crippen molar-refractivity contribution in [1.82, 2.24) is 4.98 Å². The molecule has 1 N–H and O–H groups in total. The molecule has 0 saturated heterocycles. The molecule has 5 heteroatoms. The van der Waals surface area contributed by atoms with E-state index < -0.39 is 17.7 Å². The van der Waals surface area contributed by atoms with Crippen LogP contribution in [0.2, 0.25) is 0 Å². The molecule has 2 nitrogen and oxygen atoms in total. The number of nitrogens with one attached hydrogen (secondary N) is 1. The van der Waals surface area contributed by atoms with E-state index in [4.69, 9.17) is 5.26 Å². The molecule has 0 radical (unpaired) electrons. The van der Waals surface area contributed by atoms with Gasteiger partial charge in [0.1, 0.15) is 5.92 Å². The molecule has 1 aromatic carbocycles. The van der Waals surface area contributed by atoms with Gasteiger partial charge in [-0.05, 0) is 29.8 Å². The number of alkyl halides is 3. The first-order chi connectivity index (χ1) is 8.52. The van der Waals surface area contributed by atoms with Crippen LogP contribution in [0.5, 0.6) is 0 Å². The molecule has 0 aliphatic rings. The fourth-order valence-electron chi connectivity index (χ4n) is 1.71. The summed E-state index contributed by atoms with van der Waals surface area (Å²) in [6.07, 6.45) is -2.68. The first-order valence-electron chi connectivity index (χ1n) is 5.22. The number of aromatic amines is 1. The number of halogens is 3. The summed E-state index contributed by atoms with van der Waals surface area (Å²) in [5, 5.41) is 9.09. The highest BCUT2D eigenvalue weighted by Gasteiger charge is 2.30. The van der Waals surface area contributed by atoms with Crippen LogP contribution >= 0.6 is 0 Å². The number of nitriles is 1. The Bertz CT molecular complexity index is 547. The average molecular weight is 250 g/mol. The predicted octanol–water partition coefficient (Wildman–Crippen LogP) is 3.69. The molecule has 2 aromatic rings. The maximum atomic E-state index is 12.4. The summed E-state index contributed by atoms with van der Waals surface area (Å²) < 4.78 is 37.2. The molecule has 2 rings (SSSR count). The minimum absolute atomic E-state index is 0.535. The summed E-state index contributed by atoms with van der Waals surface area (Å²) in [5.74, 6) is -0.581. The molecule has 0 aliphatic carbocycles. The van der Waals surface area contributed by atoms with Crippen LogP contribution in [0, 0.1) is 11.3 Å². The summed E-state index contributed by atoms with van der Waals surface area (Å²) in [6, 6.07) is 10.2. The molecule has 18 heavy (non-hydrogen) atoms. The van der Waals surface area contributed by atoms with Crippen molar-refractivity contribution in [2.75, 3.05) is 0 Å². The fourth-order valence-corrected chi connectivity index (χ4v) is 1.71. The fraction of sp³-hybridized carbons (Fsp3) is 0.154. The van der Waals surface area contributed by atoms with Crippen LogP contribution in [0.4, 0.5) is 13.2 Å². The predicted molar refractivity (Wildman–Crippen MR) is 59.7 cm³/mol. The molecule has 0 bridgehead atoms. The number of H-pyrrole nitrogens is 1. The van der Waals surface area contributed by atoms with E-state index in [1.165, 1.54) is 12.1 Å². The Balaban J connectivity index is 2.32. The van der Waals surface area contributed by atoms with Gasteiger partial charge in [-0.1, -0.05) is 12.1 Å². The summed E-state index contributed by atoms with van der Waals surface area (Å²) in [4.78, 5) is 2.89. The van der Waals surface area contributed by atoms with Gasteiger partial charge in [0.25, 0.3) is 0 Å². The lowest BCUT2D eigenvalue weighted by Gasteiger charge is -2.10. The third-order valence-corrected chi connectivity index (χ3v) is 2.63. The Kier molecular flexibility index (Phi) is 3.11. The smallest absolute Gasteiger partial charge is 0.364 e. The maximum Gasteiger partial charge on any atom is 0.416 e. The molecule has 1 unspecified atom stereocenters. The van der Waals surface area contributed by atoms with Crippen molar-refractivity contribution in [3.05, 3.63) is 59.4 Å². The van der Waals surface area contributed by atoms with Gasteiger partial charge < -0.3 is 4.98 Å². The molecular weight excluding hydrogens is 241 g/mol. The largest absolute Gasteiger partial charge is 0.416 e. The van der Waals surface area contributed by atoms with Crippen LogP contribution < -0.4 is 0 Å². The van der Waals surface area contributed by atoms with E-state index in [1.807, 2.05) is 0 Å². The van der Waals surface area contributed by atoms with Gasteiger partial charge in [-0.25, -0.2) is 0 Å². The van der Waals surface area contributed by atoms with Gasteiger partial charge in [0.2, 0.25) is 0 Å². The first-order valence-corrected chi connectivity index (χ1v) is 5.22. The summed E-state index contributed by atoms with van der Waals surface area (Å²) in [5.41, 5.74) is 0.486. The Morgan fingerprint density at radius 1 is 1.11 bits per heavy atom. The zero-order valence-electron chi connectivity index (χ0n) is 9.20. The molecule has 0 spiro atoms. The SMILES string of the molecule is N#CC(c1ccc(C(F)(F)F)cc1)c1ccc[nH]1. The van der Waals surface area contributed by atoms with Crippen LogP contribution in [0.1, 0.15) is 22.7 Å². The third kappa shape index (κ3) is 2.38. The minimum Gasteiger partial charge on any atom is -0.364 e. The Hall–Kier alpha value is -2.22. The molecule has 92 valence electrons. The van der Waals surface area contributed by atoms with E-state index in [0.29, 0.717) is 11.3 Å². The van der Waals surface area contributed by atoms with Crippen molar-refractivity contribution in [3.8, 4) is 6.07 Å². The number of nitrogens with zero attached hydrogens (tertiary/aromatic N) is 1. The molecule has 1 atom stereocenters. The van der Waals surface area contributed by atoms with Gasteiger partial charge in [-0.3, -0.25) is 0 Å². The summed E-state index contributed by atoms with van der Waals surface area (Å²) in [7, 11) is 0. The highest BCUT2D eigenvalue weighted by Crippen LogP contribution is 2.31. The Morgan fingerprint density at radius 2 is 1.78 bits per heavy atom. The van der Waals surface area contributed by atoms with Gasteiger partial charge in [-0.15, -0.1) is 0 Å². The Morgan fingerprint density at radius 3 is 2.22 bits per heavy atom. The number of aromatic nitrogens is 1. The van der Waals surface area contributed by atoms with Crippen molar-refractivity contribution >= 4 is 0 Å². The normalized spacial score (nSPS) is 13.0. The van der Waals surface area contributed by atoms with E-state index in [1.54, 1.807) is 18.3 Å². The lowest BCUT2D eigenvalue weighted by molar-refractivity contribution is -0.137. The first kappa shape index (κ1) is 12.2. The number of benzene rings is 1. The van der Waals surface area contributed by atoms with Gasteiger partial charge in [0.05, 0.1) is 11.6 Å². The third-order valence-electron chi connectivity index (χ3n) is 2.63. The molecule has 1 heterocycles. The number of rotatable bonds is 2. The van der Waals surface area contributed by atoms with Crippen molar-refractivity contribution in [1.29, 1.82) is 5.26 Å². The lowest BCUT2D eigenvalue weighted by Crippen LogP contribution is -2.05. The molecule has 0 amide bonds. The van der Waals surface area contributed by atoms with E-state index in [9.17, 15) is 13.2 Å². The summed E-state index contributed by atoms with van der Waals surface area (Å²) in [6.45, 7) is 0. The van der Waals surface area contributed by atoms with Crippen LogP contribution in [0.25, 0.3) is 0 Å². The maximum absolute atomic E-state index is 12.4. The van der Waals surface area contributed by atoms with Crippen LogP contribution in [-0.2, 0) is 6.18 Å². The summed E-state index contributed by atoms with van der Waals surface area (Å²) >= 11 is 0. The van der Waals surface area contributed by atoms with Crippen LogP contribution in [0.3, 0.4) is 0 Å². The molecule has 0 aliphatic heterocycles. The molecular formula is C13H9F3N2. The zero-order valence-corrected chi connectivity index (χ0v) is 9.20. The van der Waals surface area contributed by atoms with E-state index >= 15 is 0 Å². The minimum atomic E-state index is -4.35. The quantitative estimate of drug-likeness (QED) is 0.867. The van der Waals surface area contributed by atoms with Gasteiger partial charge in [0, 0.05) is 11.9 Å². The second-order valence-corrected chi connectivity index (χ2v) is 3.81. The number of hydrogen-bond donors (Lipinski definition) is 1. The van der Waals surface area contributed by atoms with E-state index in [2.05, 4.69) is 11.1 Å². The highest BCUT2D eigenvalue weighted by molar-refractivity contribution is 5.36. The van der Waals surface area contributed by atoms with Gasteiger partial charge >= 0.3 is 6.18 Å². The molecule has 1 aromatic heterocycles. The van der Waals surface area contributed by atoms with E-state index in [0.717, 1.165) is 12.1 Å². The van der Waals surface area contributed by atoms with Crippen LogP contribution in [-0.4, -0.2) is 4.98 Å². The van der Waals surface area contributed by atoms with Crippen molar-refractivity contribution in [2.45, 2.75) is 12.1 Å². The van der Waals surface area contributed by atoms with E-state index in [-0.39, 0.29) is 0 Å². The standard InChI is InChI=1S/C13H9F3N2/c14-13(15,16)10-5-3-9(4-6-10)11(8-17)12-2-1-7-18-12/h1-7,11,18H. The Labute approximate surface area is 102 Å². The monoisotopic (exact) mass is 250 g/mol. The topological polar surface area (TPSA) is 39.6 Å². The highest BCUT2D eigenvalue weighted by atomic mass is 19.4. The van der Waals surface area contributed by atoms with Gasteiger partial charge in [0.15, 0.2) is 0 Å². The molecule has 0 saturated carbocycles. The van der Waals surface area contributed by atoms with Crippen molar-refractivity contribution in [3.63, 3.8) is 0 Å². The lowest BCUT2D eigenvalue weighted by atomic mass is 9.96. The average Bonchev–Trinajstić information content (AvgIpc) is 2.83. The zero-order chi connectivity index (χ0) is 13.2. The molecule has 0 fully saturated rings. The van der Waals surface area contributed by atoms with Crippen LogP contribution in [0.15, 0.2) is 42.6 Å². The van der Waals surface area contributed by atoms with Crippen molar-refractivity contribution < 1.29 is 13.2 Å². The second-order valence-electron chi connectivity index (χ2n) is 3.81. The second kappa shape index (κ2) is 4.57. The van der Waals surface area contributed by atoms with Crippen molar-refractivity contribution in [2.24, 2.45) is 0 Å². The van der Waals surface area contributed by atoms with Gasteiger partial charge in [-0.2, -0.15) is 18.4 Å². The number of hydrogen-bond acceptors (Lipinski definition) is 1.